The van der Waals surface area contributed by atoms with Gasteiger partial charge in [-0.1, -0.05) is 12.2 Å². The van der Waals surface area contributed by atoms with Crippen molar-refractivity contribution in [2.24, 2.45) is 23.7 Å². The highest BCUT2D eigenvalue weighted by Crippen LogP contribution is 2.61. The molecule has 1 saturated carbocycles. The molecular weight excluding hydrogens is 220 g/mol. The number of methoxy groups -OCH3 is 2. The number of fused-ring (bicyclic) bond motifs is 5. The van der Waals surface area contributed by atoms with E-state index in [-0.39, 0.29) is 23.8 Å². The lowest BCUT2D eigenvalue weighted by Gasteiger charge is -2.40. The molecule has 4 heteroatoms. The second-order valence-corrected chi connectivity index (χ2v) is 4.81. The van der Waals surface area contributed by atoms with Gasteiger partial charge in [0.1, 0.15) is 0 Å². The van der Waals surface area contributed by atoms with Gasteiger partial charge < -0.3 is 9.47 Å². The van der Waals surface area contributed by atoms with Crippen LogP contribution in [-0.4, -0.2) is 26.2 Å². The Morgan fingerprint density at radius 3 is 1.76 bits per heavy atom. The largest absolute Gasteiger partial charge is 0.466 e. The van der Waals surface area contributed by atoms with Crippen LogP contribution in [0.25, 0.3) is 0 Å². The van der Waals surface area contributed by atoms with E-state index in [9.17, 15) is 9.59 Å². The molecular formula is C13H14O4. The van der Waals surface area contributed by atoms with Crippen LogP contribution in [0.15, 0.2) is 23.3 Å². The van der Waals surface area contributed by atoms with Gasteiger partial charge in [-0.05, 0) is 18.3 Å². The Hall–Kier alpha value is -1.58. The second kappa shape index (κ2) is 3.45. The summed E-state index contributed by atoms with van der Waals surface area (Å²) >= 11 is 0. The lowest BCUT2D eigenvalue weighted by atomic mass is 9.63. The van der Waals surface area contributed by atoms with Crippen LogP contribution >= 0.6 is 0 Å². The van der Waals surface area contributed by atoms with E-state index in [1.54, 1.807) is 0 Å². The molecule has 90 valence electrons. The molecule has 0 N–H and O–H groups in total. The molecule has 0 heterocycles. The van der Waals surface area contributed by atoms with Crippen molar-refractivity contribution in [1.29, 1.82) is 0 Å². The normalized spacial score (nSPS) is 36.6. The summed E-state index contributed by atoms with van der Waals surface area (Å²) in [6, 6.07) is 0. The summed E-state index contributed by atoms with van der Waals surface area (Å²) in [4.78, 5) is 23.5. The van der Waals surface area contributed by atoms with E-state index in [4.69, 9.17) is 9.47 Å². The molecule has 0 radical (unpaired) electrons. The predicted octanol–water partition coefficient (Wildman–Crippen LogP) is 1.08. The fourth-order valence-electron chi connectivity index (χ4n) is 3.58. The van der Waals surface area contributed by atoms with Gasteiger partial charge in [0.15, 0.2) is 0 Å². The summed E-state index contributed by atoms with van der Waals surface area (Å²) in [6.07, 6.45) is 5.35. The van der Waals surface area contributed by atoms with Crippen LogP contribution in [0.3, 0.4) is 0 Å². The van der Waals surface area contributed by atoms with Gasteiger partial charge >= 0.3 is 11.9 Å². The van der Waals surface area contributed by atoms with E-state index < -0.39 is 0 Å². The third-order valence-corrected chi connectivity index (χ3v) is 4.23. The maximum atomic E-state index is 11.7. The lowest BCUT2D eigenvalue weighted by molar-refractivity contribution is -0.142. The monoisotopic (exact) mass is 234 g/mol. The molecule has 4 nitrogen and oxygen atoms in total. The molecule has 3 aliphatic carbocycles. The molecule has 0 aromatic carbocycles. The molecule has 0 amide bonds. The van der Waals surface area contributed by atoms with Crippen molar-refractivity contribution in [3.05, 3.63) is 23.3 Å². The molecule has 1 fully saturated rings. The van der Waals surface area contributed by atoms with Crippen LogP contribution in [0.4, 0.5) is 0 Å². The molecule has 0 aromatic rings. The molecule has 0 aliphatic heterocycles. The Morgan fingerprint density at radius 2 is 1.41 bits per heavy atom. The van der Waals surface area contributed by atoms with E-state index in [0.717, 1.165) is 6.42 Å². The molecule has 4 atom stereocenters. The van der Waals surface area contributed by atoms with Crippen LogP contribution in [-0.2, 0) is 19.1 Å². The first kappa shape index (κ1) is 10.6. The standard InChI is InChI=1S/C13H14O4/c1-16-12(14)10-8-6-3-4-7(5-6)9(8)11(10)13(15)17-2/h3-4,6-9H,5H2,1-2H3/t6-,7+,8+,9-. The van der Waals surface area contributed by atoms with Gasteiger partial charge in [0, 0.05) is 11.8 Å². The number of allylic oxidation sites excluding steroid dienone is 2. The van der Waals surface area contributed by atoms with Gasteiger partial charge in [0.25, 0.3) is 0 Å². The highest BCUT2D eigenvalue weighted by molar-refractivity contribution is 6.04. The fraction of sp³-hybridized carbons (Fsp3) is 0.538. The number of hydrogen-bond acceptors (Lipinski definition) is 4. The minimum absolute atomic E-state index is 0.173. The van der Waals surface area contributed by atoms with Crippen LogP contribution < -0.4 is 0 Å². The smallest absolute Gasteiger partial charge is 0.334 e. The van der Waals surface area contributed by atoms with Crippen molar-refractivity contribution in [3.8, 4) is 0 Å². The highest BCUT2D eigenvalue weighted by atomic mass is 16.5. The molecule has 0 aromatic heterocycles. The van der Waals surface area contributed by atoms with Crippen molar-refractivity contribution in [2.75, 3.05) is 14.2 Å². The summed E-state index contributed by atoms with van der Waals surface area (Å²) in [6.45, 7) is 0. The van der Waals surface area contributed by atoms with Crippen LogP contribution in [0.5, 0.6) is 0 Å². The van der Waals surface area contributed by atoms with E-state index in [1.165, 1.54) is 14.2 Å². The molecule has 0 spiro atoms. The van der Waals surface area contributed by atoms with E-state index in [1.807, 2.05) is 0 Å². The zero-order valence-electron chi connectivity index (χ0n) is 9.80. The Balaban J connectivity index is 2.01. The Bertz CT molecular complexity index is 420. The molecule has 2 bridgehead atoms. The minimum atomic E-state index is -0.382. The average molecular weight is 234 g/mol. The second-order valence-electron chi connectivity index (χ2n) is 4.81. The summed E-state index contributed by atoms with van der Waals surface area (Å²) in [7, 11) is 2.70. The maximum absolute atomic E-state index is 11.7. The molecule has 3 aliphatic rings. The van der Waals surface area contributed by atoms with Gasteiger partial charge in [0.2, 0.25) is 0 Å². The van der Waals surface area contributed by atoms with E-state index >= 15 is 0 Å². The average Bonchev–Trinajstić information content (AvgIpc) is 2.86. The lowest BCUT2D eigenvalue weighted by Crippen LogP contribution is -2.41. The van der Waals surface area contributed by atoms with Crippen LogP contribution in [0, 0.1) is 23.7 Å². The highest BCUT2D eigenvalue weighted by Gasteiger charge is 2.59. The molecule has 0 unspecified atom stereocenters. The molecule has 3 rings (SSSR count). The van der Waals surface area contributed by atoms with Crippen LogP contribution in [0.1, 0.15) is 6.42 Å². The number of carbonyl (C=O) groups is 2. The zero-order valence-corrected chi connectivity index (χ0v) is 9.80. The van der Waals surface area contributed by atoms with Crippen molar-refractivity contribution >= 4 is 11.9 Å². The third kappa shape index (κ3) is 1.18. The van der Waals surface area contributed by atoms with Crippen molar-refractivity contribution in [1.82, 2.24) is 0 Å². The zero-order chi connectivity index (χ0) is 12.2. The number of carbonyl (C=O) groups excluding carboxylic acids is 2. The molecule has 17 heavy (non-hydrogen) atoms. The van der Waals surface area contributed by atoms with Gasteiger partial charge in [-0.25, -0.2) is 9.59 Å². The Kier molecular flexibility index (Phi) is 2.15. The number of ether oxygens (including phenoxy) is 2. The van der Waals surface area contributed by atoms with Crippen molar-refractivity contribution in [3.63, 3.8) is 0 Å². The quantitative estimate of drug-likeness (QED) is 0.530. The predicted molar refractivity (Wildman–Crippen MR) is 58.8 cm³/mol. The van der Waals surface area contributed by atoms with Crippen molar-refractivity contribution < 1.29 is 19.1 Å². The third-order valence-electron chi connectivity index (χ3n) is 4.23. The first-order valence-corrected chi connectivity index (χ1v) is 5.78. The SMILES string of the molecule is COC(=O)C1=C(C(=O)OC)[C@H]2[C@@H]1[C@@H]1C=C[C@H]2C1. The number of esters is 2. The number of rotatable bonds is 2. The molecule has 0 saturated heterocycles. The summed E-state index contributed by atoms with van der Waals surface area (Å²) in [5, 5.41) is 0. The topological polar surface area (TPSA) is 52.6 Å². The Morgan fingerprint density at radius 1 is 1.00 bits per heavy atom. The maximum Gasteiger partial charge on any atom is 0.334 e. The van der Waals surface area contributed by atoms with Gasteiger partial charge in [-0.2, -0.15) is 0 Å². The van der Waals surface area contributed by atoms with E-state index in [0.29, 0.717) is 23.0 Å². The summed E-state index contributed by atoms with van der Waals surface area (Å²) in [5.41, 5.74) is 1.09. The van der Waals surface area contributed by atoms with Gasteiger partial charge in [-0.3, -0.25) is 0 Å². The summed E-state index contributed by atoms with van der Waals surface area (Å²) < 4.78 is 9.53. The first-order chi connectivity index (χ1) is 8.19. The van der Waals surface area contributed by atoms with Crippen molar-refractivity contribution in [2.45, 2.75) is 6.42 Å². The van der Waals surface area contributed by atoms with E-state index in [2.05, 4.69) is 12.2 Å². The first-order valence-electron chi connectivity index (χ1n) is 5.78. The van der Waals surface area contributed by atoms with Gasteiger partial charge in [-0.15, -0.1) is 0 Å². The Labute approximate surface area is 99.3 Å². The fourth-order valence-corrected chi connectivity index (χ4v) is 3.58. The minimum Gasteiger partial charge on any atom is -0.466 e. The number of hydrogen-bond donors (Lipinski definition) is 0. The van der Waals surface area contributed by atoms with Gasteiger partial charge in [0.05, 0.1) is 25.4 Å². The van der Waals surface area contributed by atoms with Crippen LogP contribution in [0.2, 0.25) is 0 Å². The summed E-state index contributed by atoms with van der Waals surface area (Å²) in [5.74, 6) is 0.373.